The minimum Gasteiger partial charge on any atom is -0.329 e. The number of hydrogen-bond acceptors (Lipinski definition) is 4. The summed E-state index contributed by atoms with van der Waals surface area (Å²) in [5.41, 5.74) is 5.37. The second-order valence-corrected chi connectivity index (χ2v) is 5.26. The molecule has 0 atom stereocenters. The monoisotopic (exact) mass is 228 g/mol. The molecule has 4 nitrogen and oxygen atoms in total. The van der Waals surface area contributed by atoms with Crippen LogP contribution in [0.4, 0.5) is 0 Å². The molecule has 1 aliphatic heterocycles. The predicted molar refractivity (Wildman–Crippen MR) is 68.3 cm³/mol. The van der Waals surface area contributed by atoms with Crippen molar-refractivity contribution in [3.05, 3.63) is 0 Å². The van der Waals surface area contributed by atoms with Gasteiger partial charge in [0.05, 0.1) is 11.5 Å². The van der Waals surface area contributed by atoms with Gasteiger partial charge in [0.15, 0.2) is 0 Å². The molecule has 1 fully saturated rings. The van der Waals surface area contributed by atoms with E-state index in [0.717, 1.165) is 19.6 Å². The molecule has 0 radical (unpaired) electrons. The molecule has 1 rings (SSSR count). The molecule has 1 saturated heterocycles. The lowest BCUT2D eigenvalue weighted by Gasteiger charge is -2.40. The maximum Gasteiger partial charge on any atom is 0.0502 e. The Labute approximate surface area is 91.3 Å². The van der Waals surface area contributed by atoms with E-state index in [1.165, 1.54) is 0 Å². The van der Waals surface area contributed by atoms with Gasteiger partial charge in [-0.15, -0.1) is 0 Å². The molecular formula is C9H28N2O2S. The van der Waals surface area contributed by atoms with Gasteiger partial charge in [-0.3, -0.25) is 14.0 Å². The van der Waals surface area contributed by atoms with Crippen LogP contribution in [0.3, 0.4) is 0 Å². The first kappa shape index (κ1) is 16.6. The Morgan fingerprint density at radius 3 is 2.07 bits per heavy atom. The van der Waals surface area contributed by atoms with Gasteiger partial charge >= 0.3 is 0 Å². The molecule has 1 heterocycles. The SMILES string of the molecule is C.CC.NCCN1CCS(O)(O)CC1.[HH]. The Hall–Kier alpha value is 0.190. The van der Waals surface area contributed by atoms with Crippen molar-refractivity contribution in [1.82, 2.24) is 4.90 Å². The van der Waals surface area contributed by atoms with E-state index in [-0.39, 0.29) is 8.85 Å². The first-order valence-electron chi connectivity index (χ1n) is 4.80. The lowest BCUT2D eigenvalue weighted by atomic mass is 10.5. The zero-order valence-corrected chi connectivity index (χ0v) is 9.39. The summed E-state index contributed by atoms with van der Waals surface area (Å²) < 4.78 is 18.5. The molecule has 0 amide bonds. The van der Waals surface area contributed by atoms with Crippen LogP contribution in [0, 0.1) is 0 Å². The molecule has 0 saturated carbocycles. The predicted octanol–water partition coefficient (Wildman–Crippen LogP) is 1.92. The molecule has 0 aliphatic carbocycles. The van der Waals surface area contributed by atoms with Crippen molar-refractivity contribution in [2.24, 2.45) is 5.73 Å². The van der Waals surface area contributed by atoms with Crippen LogP contribution in [0.1, 0.15) is 22.7 Å². The van der Waals surface area contributed by atoms with E-state index >= 15 is 0 Å². The standard InChI is InChI=1S/C6H16N2O2S.C2H6.CH4.H2/c7-1-2-8-3-5-11(9,10)6-4-8;1-2;;/h9-10H,1-7H2;1-2H3;1H4;1H. The highest BCUT2D eigenvalue weighted by molar-refractivity contribution is 8.24. The maximum absolute atomic E-state index is 9.24. The van der Waals surface area contributed by atoms with Crippen molar-refractivity contribution in [2.45, 2.75) is 21.3 Å². The van der Waals surface area contributed by atoms with Crippen molar-refractivity contribution < 1.29 is 10.5 Å². The van der Waals surface area contributed by atoms with Crippen LogP contribution in [-0.4, -0.2) is 51.7 Å². The zero-order valence-electron chi connectivity index (χ0n) is 8.57. The Balaban J connectivity index is -0.000000339. The second kappa shape index (κ2) is 8.49. The Kier molecular flexibility index (Phi) is 10.1. The fourth-order valence-electron chi connectivity index (χ4n) is 1.17. The Bertz CT molecular complexity index is 129. The highest BCUT2D eigenvalue weighted by Crippen LogP contribution is 2.39. The summed E-state index contributed by atoms with van der Waals surface area (Å²) in [6, 6.07) is 0. The van der Waals surface area contributed by atoms with Crippen molar-refractivity contribution in [1.29, 1.82) is 0 Å². The van der Waals surface area contributed by atoms with E-state index in [0.29, 0.717) is 18.1 Å². The van der Waals surface area contributed by atoms with E-state index in [1.807, 2.05) is 13.8 Å². The van der Waals surface area contributed by atoms with Crippen LogP contribution in [0.2, 0.25) is 0 Å². The summed E-state index contributed by atoms with van der Waals surface area (Å²) in [4.78, 5) is 2.16. The zero-order chi connectivity index (χ0) is 10.3. The molecular weight excluding hydrogens is 200 g/mol. The van der Waals surface area contributed by atoms with Gasteiger partial charge in [-0.1, -0.05) is 21.3 Å². The summed E-state index contributed by atoms with van der Waals surface area (Å²) in [5.74, 6) is 1.04. The summed E-state index contributed by atoms with van der Waals surface area (Å²) in [7, 11) is -2.22. The molecule has 92 valence electrons. The highest BCUT2D eigenvalue weighted by atomic mass is 32.3. The molecule has 0 bridgehead atoms. The van der Waals surface area contributed by atoms with Crippen LogP contribution in [0.5, 0.6) is 0 Å². The number of nitrogens with two attached hydrogens (primary N) is 1. The Morgan fingerprint density at radius 2 is 1.71 bits per heavy atom. The number of rotatable bonds is 2. The average Bonchev–Trinajstić information content (AvgIpc) is 2.13. The third-order valence-corrected chi connectivity index (χ3v) is 3.59. The van der Waals surface area contributed by atoms with E-state index in [1.54, 1.807) is 0 Å². The fourth-order valence-corrected chi connectivity index (χ4v) is 2.48. The molecule has 0 aromatic heterocycles. The number of hydrogen-bond donors (Lipinski definition) is 3. The smallest absolute Gasteiger partial charge is 0.0502 e. The fraction of sp³-hybridized carbons (Fsp3) is 1.00. The van der Waals surface area contributed by atoms with Crippen LogP contribution in [0.15, 0.2) is 0 Å². The second-order valence-electron chi connectivity index (χ2n) is 2.84. The molecule has 0 spiro atoms. The van der Waals surface area contributed by atoms with Crippen molar-refractivity contribution >= 4 is 10.6 Å². The minimum absolute atomic E-state index is 0. The topological polar surface area (TPSA) is 69.7 Å². The van der Waals surface area contributed by atoms with Gasteiger partial charge in [0.2, 0.25) is 0 Å². The van der Waals surface area contributed by atoms with Gasteiger partial charge in [-0.05, 0) is 0 Å². The van der Waals surface area contributed by atoms with Gasteiger partial charge in [0.1, 0.15) is 0 Å². The molecule has 0 aromatic rings. The van der Waals surface area contributed by atoms with E-state index in [9.17, 15) is 9.11 Å². The Morgan fingerprint density at radius 1 is 1.29 bits per heavy atom. The van der Waals surface area contributed by atoms with Gasteiger partial charge in [0.25, 0.3) is 0 Å². The first-order chi connectivity index (χ1) is 6.14. The average molecular weight is 228 g/mol. The third kappa shape index (κ3) is 6.62. The third-order valence-electron chi connectivity index (χ3n) is 1.91. The molecule has 1 aliphatic rings. The molecule has 4 N–H and O–H groups in total. The van der Waals surface area contributed by atoms with Gasteiger partial charge in [0, 0.05) is 27.6 Å². The van der Waals surface area contributed by atoms with Crippen molar-refractivity contribution in [2.75, 3.05) is 37.7 Å². The summed E-state index contributed by atoms with van der Waals surface area (Å²) >= 11 is 0. The van der Waals surface area contributed by atoms with Crippen LogP contribution >= 0.6 is 10.6 Å². The maximum atomic E-state index is 9.24. The first-order valence-corrected chi connectivity index (χ1v) is 6.68. The van der Waals surface area contributed by atoms with Crippen LogP contribution < -0.4 is 5.73 Å². The van der Waals surface area contributed by atoms with Gasteiger partial charge in [-0.25, -0.2) is 0 Å². The lowest BCUT2D eigenvalue weighted by Crippen LogP contribution is -2.40. The number of nitrogens with zero attached hydrogens (tertiary/aromatic N) is 1. The minimum atomic E-state index is -2.22. The van der Waals surface area contributed by atoms with Crippen LogP contribution in [-0.2, 0) is 0 Å². The quantitative estimate of drug-likeness (QED) is 0.675. The van der Waals surface area contributed by atoms with Gasteiger partial charge in [-0.2, -0.15) is 10.6 Å². The lowest BCUT2D eigenvalue weighted by molar-refractivity contribution is 0.293. The summed E-state index contributed by atoms with van der Waals surface area (Å²) in [5, 5.41) is 0. The van der Waals surface area contributed by atoms with Crippen molar-refractivity contribution in [3.63, 3.8) is 0 Å². The van der Waals surface area contributed by atoms with E-state index in [4.69, 9.17) is 5.73 Å². The van der Waals surface area contributed by atoms with Crippen molar-refractivity contribution in [3.8, 4) is 0 Å². The van der Waals surface area contributed by atoms with Crippen LogP contribution in [0.25, 0.3) is 0 Å². The van der Waals surface area contributed by atoms with Gasteiger partial charge < -0.3 is 5.73 Å². The summed E-state index contributed by atoms with van der Waals surface area (Å²) in [6.45, 7) is 7.08. The molecule has 0 unspecified atom stereocenters. The summed E-state index contributed by atoms with van der Waals surface area (Å²) in [6.07, 6.45) is 0. The molecule has 5 heteroatoms. The highest BCUT2D eigenvalue weighted by Gasteiger charge is 2.20. The van der Waals surface area contributed by atoms with E-state index in [2.05, 4.69) is 4.90 Å². The molecule has 0 aromatic carbocycles. The molecule has 14 heavy (non-hydrogen) atoms. The normalized spacial score (nSPS) is 22.6. The largest absolute Gasteiger partial charge is 0.329 e. The van der Waals surface area contributed by atoms with E-state index < -0.39 is 10.6 Å².